The summed E-state index contributed by atoms with van der Waals surface area (Å²) in [6.45, 7) is 2.86. The van der Waals surface area contributed by atoms with Gasteiger partial charge in [-0.2, -0.15) is 8.42 Å². The van der Waals surface area contributed by atoms with Crippen LogP contribution in [0.5, 0.6) is 5.75 Å². The minimum absolute atomic E-state index is 0.00326. The summed E-state index contributed by atoms with van der Waals surface area (Å²) in [5.74, 6) is 0.684. The van der Waals surface area contributed by atoms with Gasteiger partial charge in [-0.25, -0.2) is 0 Å². The van der Waals surface area contributed by atoms with Crippen LogP contribution in [-0.4, -0.2) is 59.1 Å². The summed E-state index contributed by atoms with van der Waals surface area (Å²) in [5.41, 5.74) is 2.02. The number of nitrogens with one attached hydrogen (secondary N) is 1. The lowest BCUT2D eigenvalue weighted by Crippen LogP contribution is -2.50. The number of carbonyl (C=O) groups excluding carboxylic acids is 1. The fourth-order valence-electron chi connectivity index (χ4n) is 2.85. The topological polar surface area (TPSA) is 79.0 Å². The Bertz CT molecular complexity index is 853. The molecule has 0 bridgehead atoms. The maximum absolute atomic E-state index is 12.4. The molecular formula is C19H21Cl2N3O4S. The summed E-state index contributed by atoms with van der Waals surface area (Å²) >= 11 is 11.3. The van der Waals surface area contributed by atoms with Gasteiger partial charge in [-0.3, -0.25) is 4.79 Å². The third-order valence-corrected chi connectivity index (χ3v) is 5.15. The molecule has 0 radical (unpaired) electrons. The molecule has 0 atom stereocenters. The Labute approximate surface area is 183 Å². The Balaban J connectivity index is 0.000000941. The average Bonchev–Trinajstić information content (AvgIpc) is 2.75. The Morgan fingerprint density at radius 1 is 1.03 bits per heavy atom. The molecule has 1 heterocycles. The van der Waals surface area contributed by atoms with Crippen molar-refractivity contribution in [1.82, 2.24) is 4.90 Å². The highest BCUT2D eigenvalue weighted by Gasteiger charge is 2.22. The fraction of sp³-hybridized carbons (Fsp3) is 0.316. The molecule has 1 N–H and O–H groups in total. The van der Waals surface area contributed by atoms with Gasteiger partial charge in [-0.1, -0.05) is 23.2 Å². The second-order valence-corrected chi connectivity index (χ2v) is 7.05. The maximum Gasteiger partial charge on any atom is 0.335 e. The van der Waals surface area contributed by atoms with E-state index in [2.05, 4.69) is 10.2 Å². The molecule has 2 aromatic carbocycles. The van der Waals surface area contributed by atoms with Gasteiger partial charge in [0.15, 0.2) is 6.61 Å². The number of amides is 1. The van der Waals surface area contributed by atoms with Crippen LogP contribution in [0.1, 0.15) is 0 Å². The predicted molar refractivity (Wildman–Crippen MR) is 116 cm³/mol. The number of ether oxygens (including phenoxy) is 1. The van der Waals surface area contributed by atoms with Crippen LogP contribution in [0.15, 0.2) is 42.5 Å². The number of nitrogens with zero attached hydrogens (tertiary/aromatic N) is 2. The van der Waals surface area contributed by atoms with Crippen LogP contribution < -0.4 is 15.0 Å². The lowest BCUT2D eigenvalue weighted by molar-refractivity contribution is -0.133. The first kappa shape index (κ1) is 23.0. The van der Waals surface area contributed by atoms with Crippen molar-refractivity contribution in [2.75, 3.05) is 50.1 Å². The molecule has 1 fully saturated rings. The number of hydrogen-bond donors (Lipinski definition) is 1. The van der Waals surface area contributed by atoms with Crippen LogP contribution >= 0.6 is 23.2 Å². The second kappa shape index (κ2) is 11.6. The Hall–Kier alpha value is -2.29. The van der Waals surface area contributed by atoms with Crippen molar-refractivity contribution in [3.8, 4) is 5.75 Å². The van der Waals surface area contributed by atoms with Crippen LogP contribution in [0.25, 0.3) is 0 Å². The summed E-state index contributed by atoms with van der Waals surface area (Å²) in [6, 6.07) is 13.1. The molecule has 1 saturated heterocycles. The van der Waals surface area contributed by atoms with Crippen molar-refractivity contribution in [2.24, 2.45) is 0 Å². The van der Waals surface area contributed by atoms with E-state index in [0.29, 0.717) is 28.9 Å². The average molecular weight is 458 g/mol. The fourth-order valence-corrected chi connectivity index (χ4v) is 3.14. The van der Waals surface area contributed by atoms with Crippen LogP contribution in [0.4, 0.5) is 11.4 Å². The molecule has 0 spiro atoms. The monoisotopic (exact) mass is 457 g/mol. The number of anilines is 2. The molecule has 0 aromatic heterocycles. The third-order valence-electron chi connectivity index (χ3n) is 4.41. The summed E-state index contributed by atoms with van der Waals surface area (Å²) in [4.78, 5) is 16.4. The van der Waals surface area contributed by atoms with Gasteiger partial charge in [0.1, 0.15) is 5.75 Å². The highest BCUT2D eigenvalue weighted by Crippen LogP contribution is 2.27. The molecule has 1 aliphatic rings. The van der Waals surface area contributed by atoms with Crippen LogP contribution in [0, 0.1) is 0 Å². The van der Waals surface area contributed by atoms with Crippen LogP contribution in [-0.2, 0) is 16.4 Å². The highest BCUT2D eigenvalue weighted by atomic mass is 35.5. The Morgan fingerprint density at radius 3 is 2.21 bits per heavy atom. The van der Waals surface area contributed by atoms with Gasteiger partial charge in [-0.05, 0) is 42.5 Å². The van der Waals surface area contributed by atoms with E-state index in [0.717, 1.165) is 24.5 Å². The zero-order chi connectivity index (χ0) is 21.2. The number of benzene rings is 2. The van der Waals surface area contributed by atoms with E-state index in [1.807, 2.05) is 48.3 Å². The molecule has 1 amide bonds. The van der Waals surface area contributed by atoms with Crippen LogP contribution in [0.3, 0.4) is 0 Å². The van der Waals surface area contributed by atoms with E-state index in [-0.39, 0.29) is 12.5 Å². The molecule has 29 heavy (non-hydrogen) atoms. The van der Waals surface area contributed by atoms with E-state index < -0.39 is 11.6 Å². The molecule has 156 valence electrons. The van der Waals surface area contributed by atoms with Gasteiger partial charge < -0.3 is 19.9 Å². The number of piperazine rings is 1. The molecular weight excluding hydrogens is 437 g/mol. The quantitative estimate of drug-likeness (QED) is 0.742. The molecule has 0 aliphatic carbocycles. The Morgan fingerprint density at radius 2 is 1.66 bits per heavy atom. The molecule has 2 aromatic rings. The minimum atomic E-state index is -0.750. The van der Waals surface area contributed by atoms with Gasteiger partial charge in [-0.15, -0.1) is 0 Å². The van der Waals surface area contributed by atoms with Gasteiger partial charge in [0.2, 0.25) is 0 Å². The van der Waals surface area contributed by atoms with E-state index in [1.165, 1.54) is 0 Å². The standard InChI is InChI=1S/C19H21Cl2N3O2.O2S/c1-22-14-2-5-16(6-3-14)26-13-19(25)24-10-8-23(9-11-24)15-4-7-17(20)18(21)12-15;1-3-2/h2-7,12,22H,8-11,13H2,1H3;. The summed E-state index contributed by atoms with van der Waals surface area (Å²) in [5, 5.41) is 4.13. The summed E-state index contributed by atoms with van der Waals surface area (Å²) in [7, 11) is 1.86. The smallest absolute Gasteiger partial charge is 0.335 e. The molecule has 3 rings (SSSR count). The predicted octanol–water partition coefficient (Wildman–Crippen LogP) is 3.09. The first-order chi connectivity index (χ1) is 14.0. The van der Waals surface area contributed by atoms with Crippen molar-refractivity contribution in [1.29, 1.82) is 0 Å². The van der Waals surface area contributed by atoms with Crippen LogP contribution in [0.2, 0.25) is 10.0 Å². The van der Waals surface area contributed by atoms with Crippen molar-refractivity contribution < 1.29 is 17.9 Å². The van der Waals surface area contributed by atoms with Crippen molar-refractivity contribution in [3.05, 3.63) is 52.5 Å². The van der Waals surface area contributed by atoms with E-state index in [1.54, 1.807) is 6.07 Å². The zero-order valence-electron chi connectivity index (χ0n) is 15.8. The third kappa shape index (κ3) is 6.92. The Kier molecular flexibility index (Phi) is 9.24. The van der Waals surface area contributed by atoms with Gasteiger partial charge in [0, 0.05) is 44.6 Å². The molecule has 0 unspecified atom stereocenters. The maximum atomic E-state index is 12.4. The summed E-state index contributed by atoms with van der Waals surface area (Å²) in [6.07, 6.45) is 0. The lowest BCUT2D eigenvalue weighted by atomic mass is 10.2. The summed E-state index contributed by atoms with van der Waals surface area (Å²) < 4.78 is 22.2. The molecule has 1 aliphatic heterocycles. The highest BCUT2D eigenvalue weighted by molar-refractivity contribution is 7.51. The second-order valence-electron chi connectivity index (χ2n) is 6.10. The number of carbonyl (C=O) groups is 1. The minimum Gasteiger partial charge on any atom is -0.484 e. The van der Waals surface area contributed by atoms with E-state index >= 15 is 0 Å². The first-order valence-electron chi connectivity index (χ1n) is 8.78. The lowest BCUT2D eigenvalue weighted by Gasteiger charge is -2.36. The van der Waals surface area contributed by atoms with E-state index in [4.69, 9.17) is 36.4 Å². The number of hydrogen-bond acceptors (Lipinski definition) is 6. The zero-order valence-corrected chi connectivity index (χ0v) is 18.1. The number of halogens is 2. The SMILES string of the molecule is CNc1ccc(OCC(=O)N2CCN(c3ccc(Cl)c(Cl)c3)CC2)cc1.O=S=O. The number of rotatable bonds is 5. The first-order valence-corrected chi connectivity index (χ1v) is 10.2. The van der Waals surface area contributed by atoms with Gasteiger partial charge >= 0.3 is 11.6 Å². The van der Waals surface area contributed by atoms with Crippen molar-refractivity contribution >= 4 is 52.1 Å². The normalized spacial score (nSPS) is 13.2. The van der Waals surface area contributed by atoms with Crippen molar-refractivity contribution in [2.45, 2.75) is 0 Å². The van der Waals surface area contributed by atoms with E-state index in [9.17, 15) is 4.79 Å². The largest absolute Gasteiger partial charge is 0.484 e. The van der Waals surface area contributed by atoms with Gasteiger partial charge in [0.05, 0.1) is 10.0 Å². The van der Waals surface area contributed by atoms with Crippen molar-refractivity contribution in [3.63, 3.8) is 0 Å². The molecule has 7 nitrogen and oxygen atoms in total. The van der Waals surface area contributed by atoms with Gasteiger partial charge in [0.25, 0.3) is 5.91 Å². The molecule has 10 heteroatoms. The molecule has 0 saturated carbocycles.